The van der Waals surface area contributed by atoms with Crippen molar-refractivity contribution in [3.05, 3.63) is 46.3 Å². The Labute approximate surface area is 97.9 Å². The molecule has 0 N–H and O–H groups in total. The maximum atomic E-state index is 6.07. The predicted molar refractivity (Wildman–Crippen MR) is 62.2 cm³/mol. The molecule has 0 aliphatic carbocycles. The third-order valence-corrected chi connectivity index (χ3v) is 2.53. The van der Waals surface area contributed by atoms with Crippen molar-refractivity contribution in [2.75, 3.05) is 0 Å². The summed E-state index contributed by atoms with van der Waals surface area (Å²) in [7, 11) is 0. The molecule has 0 saturated heterocycles. The Morgan fingerprint density at radius 2 is 1.93 bits per heavy atom. The Bertz CT molecular complexity index is 498. The SMILES string of the molecule is Cc1nccc(-c2ccc(Cl)cc2Cl)n1. The normalized spacial score (nSPS) is 10.3. The highest BCUT2D eigenvalue weighted by molar-refractivity contribution is 6.36. The lowest BCUT2D eigenvalue weighted by Crippen LogP contribution is -1.90. The number of aromatic nitrogens is 2. The zero-order chi connectivity index (χ0) is 10.8. The van der Waals surface area contributed by atoms with Crippen LogP contribution in [-0.2, 0) is 0 Å². The fraction of sp³-hybridized carbons (Fsp3) is 0.0909. The molecule has 0 amide bonds. The van der Waals surface area contributed by atoms with Gasteiger partial charge < -0.3 is 0 Å². The summed E-state index contributed by atoms with van der Waals surface area (Å²) in [6.07, 6.45) is 1.71. The van der Waals surface area contributed by atoms with Gasteiger partial charge in [-0.2, -0.15) is 0 Å². The first-order chi connectivity index (χ1) is 7.16. The van der Waals surface area contributed by atoms with E-state index in [9.17, 15) is 0 Å². The molecule has 0 aliphatic rings. The first kappa shape index (κ1) is 10.4. The minimum absolute atomic E-state index is 0.598. The maximum absolute atomic E-state index is 6.07. The van der Waals surface area contributed by atoms with Crippen LogP contribution in [0.3, 0.4) is 0 Å². The van der Waals surface area contributed by atoms with E-state index in [4.69, 9.17) is 23.2 Å². The lowest BCUT2D eigenvalue weighted by atomic mass is 10.1. The molecule has 76 valence electrons. The molecule has 4 heteroatoms. The van der Waals surface area contributed by atoms with E-state index in [2.05, 4.69) is 9.97 Å². The van der Waals surface area contributed by atoms with Crippen molar-refractivity contribution in [3.63, 3.8) is 0 Å². The Kier molecular flexibility index (Phi) is 2.89. The quantitative estimate of drug-likeness (QED) is 0.757. The lowest BCUT2D eigenvalue weighted by molar-refractivity contribution is 1.06. The highest BCUT2D eigenvalue weighted by atomic mass is 35.5. The standard InChI is InChI=1S/C11H8Cl2N2/c1-7-14-5-4-11(15-7)9-3-2-8(12)6-10(9)13/h2-6H,1H3. The van der Waals surface area contributed by atoms with Crippen LogP contribution in [0.5, 0.6) is 0 Å². The summed E-state index contributed by atoms with van der Waals surface area (Å²) in [5.41, 5.74) is 1.68. The minimum Gasteiger partial charge on any atom is -0.242 e. The largest absolute Gasteiger partial charge is 0.242 e. The highest BCUT2D eigenvalue weighted by Crippen LogP contribution is 2.28. The van der Waals surface area contributed by atoms with Gasteiger partial charge in [0.25, 0.3) is 0 Å². The van der Waals surface area contributed by atoms with Crippen LogP contribution in [0.25, 0.3) is 11.3 Å². The maximum Gasteiger partial charge on any atom is 0.125 e. The number of hydrogen-bond donors (Lipinski definition) is 0. The summed E-state index contributed by atoms with van der Waals surface area (Å²) < 4.78 is 0. The Morgan fingerprint density at radius 1 is 1.13 bits per heavy atom. The summed E-state index contributed by atoms with van der Waals surface area (Å²) >= 11 is 11.9. The molecule has 2 rings (SSSR count). The Morgan fingerprint density at radius 3 is 2.60 bits per heavy atom. The minimum atomic E-state index is 0.598. The van der Waals surface area contributed by atoms with Crippen LogP contribution < -0.4 is 0 Å². The van der Waals surface area contributed by atoms with Crippen molar-refractivity contribution in [3.8, 4) is 11.3 Å². The molecule has 15 heavy (non-hydrogen) atoms. The molecule has 1 aromatic carbocycles. The fourth-order valence-electron chi connectivity index (χ4n) is 1.30. The average molecular weight is 239 g/mol. The van der Waals surface area contributed by atoms with Crippen LogP contribution in [-0.4, -0.2) is 9.97 Å². The van der Waals surface area contributed by atoms with Crippen molar-refractivity contribution in [2.45, 2.75) is 6.92 Å². The number of hydrogen-bond acceptors (Lipinski definition) is 2. The van der Waals surface area contributed by atoms with E-state index in [1.807, 2.05) is 19.1 Å². The Hall–Kier alpha value is -1.12. The second-order valence-electron chi connectivity index (χ2n) is 3.11. The number of rotatable bonds is 1. The van der Waals surface area contributed by atoms with E-state index >= 15 is 0 Å². The second-order valence-corrected chi connectivity index (χ2v) is 3.96. The third kappa shape index (κ3) is 2.28. The van der Waals surface area contributed by atoms with E-state index in [0.29, 0.717) is 10.0 Å². The van der Waals surface area contributed by atoms with E-state index in [1.165, 1.54) is 0 Å². The summed E-state index contributed by atoms with van der Waals surface area (Å²) in [6, 6.07) is 7.17. The third-order valence-electron chi connectivity index (χ3n) is 1.98. The van der Waals surface area contributed by atoms with E-state index in [1.54, 1.807) is 18.3 Å². The molecule has 0 saturated carbocycles. The Balaban J connectivity index is 2.54. The molecule has 0 atom stereocenters. The first-order valence-electron chi connectivity index (χ1n) is 4.42. The molecular formula is C11H8Cl2N2. The van der Waals surface area contributed by atoms with Crippen LogP contribution in [0.1, 0.15) is 5.82 Å². The number of nitrogens with zero attached hydrogens (tertiary/aromatic N) is 2. The van der Waals surface area contributed by atoms with Gasteiger partial charge >= 0.3 is 0 Å². The van der Waals surface area contributed by atoms with Crippen molar-refractivity contribution in [1.29, 1.82) is 0 Å². The van der Waals surface area contributed by atoms with Crippen LogP contribution in [0, 0.1) is 6.92 Å². The molecule has 2 nitrogen and oxygen atoms in total. The summed E-state index contributed by atoms with van der Waals surface area (Å²) in [6.45, 7) is 1.84. The molecule has 0 unspecified atom stereocenters. The average Bonchev–Trinajstić information content (AvgIpc) is 2.17. The van der Waals surface area contributed by atoms with Gasteiger partial charge in [0.15, 0.2) is 0 Å². The highest BCUT2D eigenvalue weighted by Gasteiger charge is 2.05. The van der Waals surface area contributed by atoms with Crippen molar-refractivity contribution >= 4 is 23.2 Å². The monoisotopic (exact) mass is 238 g/mol. The topological polar surface area (TPSA) is 25.8 Å². The van der Waals surface area contributed by atoms with Crippen LogP contribution in [0.15, 0.2) is 30.5 Å². The molecule has 1 aromatic heterocycles. The smallest absolute Gasteiger partial charge is 0.125 e. The first-order valence-corrected chi connectivity index (χ1v) is 5.17. The zero-order valence-electron chi connectivity index (χ0n) is 8.04. The lowest BCUT2D eigenvalue weighted by Gasteiger charge is -2.04. The van der Waals surface area contributed by atoms with Gasteiger partial charge in [-0.15, -0.1) is 0 Å². The van der Waals surface area contributed by atoms with Gasteiger partial charge in [-0.3, -0.25) is 0 Å². The van der Waals surface area contributed by atoms with Gasteiger partial charge in [0.05, 0.1) is 10.7 Å². The molecule has 0 radical (unpaired) electrons. The van der Waals surface area contributed by atoms with E-state index in [0.717, 1.165) is 17.1 Å². The van der Waals surface area contributed by atoms with Gasteiger partial charge in [0.1, 0.15) is 5.82 Å². The van der Waals surface area contributed by atoms with Crippen molar-refractivity contribution in [2.24, 2.45) is 0 Å². The predicted octanol–water partition coefficient (Wildman–Crippen LogP) is 3.76. The van der Waals surface area contributed by atoms with Crippen LogP contribution >= 0.6 is 23.2 Å². The molecule has 0 spiro atoms. The summed E-state index contributed by atoms with van der Waals surface area (Å²) in [4.78, 5) is 8.33. The molecule has 0 aliphatic heterocycles. The molecule has 0 bridgehead atoms. The molecule has 2 aromatic rings. The number of halogens is 2. The van der Waals surface area contributed by atoms with Gasteiger partial charge in [-0.1, -0.05) is 23.2 Å². The van der Waals surface area contributed by atoms with E-state index in [-0.39, 0.29) is 0 Å². The molecule has 1 heterocycles. The van der Waals surface area contributed by atoms with Crippen LogP contribution in [0.4, 0.5) is 0 Å². The van der Waals surface area contributed by atoms with Crippen LogP contribution in [0.2, 0.25) is 10.0 Å². The second kappa shape index (κ2) is 4.17. The zero-order valence-corrected chi connectivity index (χ0v) is 9.55. The van der Waals surface area contributed by atoms with Crippen molar-refractivity contribution in [1.82, 2.24) is 9.97 Å². The van der Waals surface area contributed by atoms with Crippen molar-refractivity contribution < 1.29 is 0 Å². The molecule has 0 fully saturated rings. The number of benzene rings is 1. The van der Waals surface area contributed by atoms with Gasteiger partial charge in [-0.05, 0) is 31.2 Å². The van der Waals surface area contributed by atoms with Gasteiger partial charge in [0.2, 0.25) is 0 Å². The van der Waals surface area contributed by atoms with Gasteiger partial charge in [-0.25, -0.2) is 9.97 Å². The molecular weight excluding hydrogens is 231 g/mol. The summed E-state index contributed by atoms with van der Waals surface area (Å²) in [5.74, 6) is 0.721. The summed E-state index contributed by atoms with van der Waals surface area (Å²) in [5, 5.41) is 1.22. The van der Waals surface area contributed by atoms with E-state index < -0.39 is 0 Å². The fourth-order valence-corrected chi connectivity index (χ4v) is 1.81. The number of aryl methyl sites for hydroxylation is 1. The van der Waals surface area contributed by atoms with Gasteiger partial charge in [0, 0.05) is 16.8 Å².